The normalized spacial score (nSPS) is 12.7. The van der Waals surface area contributed by atoms with Crippen LogP contribution in [-0.4, -0.2) is 23.9 Å². The molecule has 5 heteroatoms. The van der Waals surface area contributed by atoms with Crippen LogP contribution in [0.5, 0.6) is 5.75 Å². The SMILES string of the molecule is CNC(Cc1ccn(C(C)C)n1)c1ccc(F)c(OC)c1. The molecule has 1 aromatic carbocycles. The van der Waals surface area contributed by atoms with E-state index >= 15 is 0 Å². The summed E-state index contributed by atoms with van der Waals surface area (Å²) in [6, 6.07) is 7.37. The number of hydrogen-bond acceptors (Lipinski definition) is 3. The number of rotatable bonds is 6. The van der Waals surface area contributed by atoms with Gasteiger partial charge in [-0.2, -0.15) is 5.10 Å². The van der Waals surface area contributed by atoms with Crippen molar-refractivity contribution in [2.75, 3.05) is 14.2 Å². The summed E-state index contributed by atoms with van der Waals surface area (Å²) >= 11 is 0. The number of methoxy groups -OCH3 is 1. The summed E-state index contributed by atoms with van der Waals surface area (Å²) in [5, 5.41) is 7.80. The molecule has 0 spiro atoms. The molecule has 114 valence electrons. The number of likely N-dealkylation sites (N-methyl/N-ethyl adjacent to an activating group) is 1. The highest BCUT2D eigenvalue weighted by molar-refractivity contribution is 5.32. The topological polar surface area (TPSA) is 39.1 Å². The van der Waals surface area contributed by atoms with Gasteiger partial charge >= 0.3 is 0 Å². The Balaban J connectivity index is 2.19. The van der Waals surface area contributed by atoms with Crippen molar-refractivity contribution in [1.29, 1.82) is 0 Å². The first kappa shape index (κ1) is 15.5. The van der Waals surface area contributed by atoms with Crippen molar-refractivity contribution in [1.82, 2.24) is 15.1 Å². The second-order valence-electron chi connectivity index (χ2n) is 5.32. The zero-order valence-electron chi connectivity index (χ0n) is 12.9. The van der Waals surface area contributed by atoms with Crippen molar-refractivity contribution in [3.63, 3.8) is 0 Å². The minimum Gasteiger partial charge on any atom is -0.494 e. The van der Waals surface area contributed by atoms with Gasteiger partial charge in [0.1, 0.15) is 0 Å². The summed E-state index contributed by atoms with van der Waals surface area (Å²) in [7, 11) is 3.36. The van der Waals surface area contributed by atoms with Gasteiger partial charge in [-0.15, -0.1) is 0 Å². The van der Waals surface area contributed by atoms with Crippen LogP contribution in [0.25, 0.3) is 0 Å². The van der Waals surface area contributed by atoms with Crippen molar-refractivity contribution in [3.8, 4) is 5.75 Å². The largest absolute Gasteiger partial charge is 0.494 e. The molecule has 0 saturated heterocycles. The molecule has 1 unspecified atom stereocenters. The maximum absolute atomic E-state index is 13.5. The number of nitrogens with zero attached hydrogens (tertiary/aromatic N) is 2. The van der Waals surface area contributed by atoms with E-state index in [0.717, 1.165) is 17.7 Å². The lowest BCUT2D eigenvalue weighted by Crippen LogP contribution is -2.19. The Morgan fingerprint density at radius 2 is 2.10 bits per heavy atom. The van der Waals surface area contributed by atoms with E-state index in [1.165, 1.54) is 13.2 Å². The molecule has 2 rings (SSSR count). The minimum atomic E-state index is -0.347. The Bertz CT molecular complexity index is 595. The van der Waals surface area contributed by atoms with Gasteiger partial charge in [0.25, 0.3) is 0 Å². The van der Waals surface area contributed by atoms with Gasteiger partial charge in [0.15, 0.2) is 11.6 Å². The minimum absolute atomic E-state index is 0.0648. The predicted molar refractivity (Wildman–Crippen MR) is 81.1 cm³/mol. The molecule has 0 saturated carbocycles. The number of benzene rings is 1. The van der Waals surface area contributed by atoms with E-state index < -0.39 is 0 Å². The van der Waals surface area contributed by atoms with Gasteiger partial charge < -0.3 is 10.1 Å². The molecule has 4 nitrogen and oxygen atoms in total. The summed E-state index contributed by atoms with van der Waals surface area (Å²) in [5.74, 6) is -0.0827. The molecule has 0 bridgehead atoms. The summed E-state index contributed by atoms with van der Waals surface area (Å²) in [5.41, 5.74) is 1.99. The third-order valence-electron chi connectivity index (χ3n) is 3.53. The molecule has 0 amide bonds. The molecule has 0 aliphatic heterocycles. The highest BCUT2D eigenvalue weighted by atomic mass is 19.1. The Kier molecular flexibility index (Phi) is 4.96. The van der Waals surface area contributed by atoms with E-state index in [4.69, 9.17) is 4.74 Å². The van der Waals surface area contributed by atoms with E-state index in [2.05, 4.69) is 24.3 Å². The average Bonchev–Trinajstić information content (AvgIpc) is 2.94. The fraction of sp³-hybridized carbons (Fsp3) is 0.438. The highest BCUT2D eigenvalue weighted by Crippen LogP contribution is 2.24. The Morgan fingerprint density at radius 1 is 1.33 bits per heavy atom. The van der Waals surface area contributed by atoms with E-state index in [-0.39, 0.29) is 17.6 Å². The van der Waals surface area contributed by atoms with Crippen LogP contribution < -0.4 is 10.1 Å². The standard InChI is InChI=1S/C16H22FN3O/c1-11(2)20-8-7-13(19-20)10-15(18-3)12-5-6-14(17)16(9-12)21-4/h5-9,11,15,18H,10H2,1-4H3. The highest BCUT2D eigenvalue weighted by Gasteiger charge is 2.15. The lowest BCUT2D eigenvalue weighted by molar-refractivity contribution is 0.385. The second kappa shape index (κ2) is 6.72. The zero-order valence-corrected chi connectivity index (χ0v) is 12.9. The molecule has 0 aliphatic carbocycles. The van der Waals surface area contributed by atoms with Crippen LogP contribution in [0.2, 0.25) is 0 Å². The van der Waals surface area contributed by atoms with Gasteiger partial charge in [0.2, 0.25) is 0 Å². The molecule has 0 radical (unpaired) electrons. The van der Waals surface area contributed by atoms with Crippen LogP contribution in [0, 0.1) is 5.82 Å². The molecule has 1 N–H and O–H groups in total. The van der Waals surface area contributed by atoms with Crippen LogP contribution >= 0.6 is 0 Å². The van der Waals surface area contributed by atoms with E-state index in [0.29, 0.717) is 6.04 Å². The van der Waals surface area contributed by atoms with Crippen LogP contribution in [-0.2, 0) is 6.42 Å². The van der Waals surface area contributed by atoms with Crippen LogP contribution in [0.3, 0.4) is 0 Å². The van der Waals surface area contributed by atoms with Gasteiger partial charge in [-0.1, -0.05) is 6.07 Å². The average molecular weight is 291 g/mol. The van der Waals surface area contributed by atoms with Gasteiger partial charge in [-0.3, -0.25) is 4.68 Å². The van der Waals surface area contributed by atoms with Gasteiger partial charge in [0.05, 0.1) is 12.8 Å². The van der Waals surface area contributed by atoms with Crippen LogP contribution in [0.1, 0.15) is 37.2 Å². The molecule has 0 fully saturated rings. The summed E-state index contributed by atoms with van der Waals surface area (Å²) in [6.07, 6.45) is 2.73. The van der Waals surface area contributed by atoms with Gasteiger partial charge in [-0.25, -0.2) is 4.39 Å². The number of nitrogens with one attached hydrogen (secondary N) is 1. The lowest BCUT2D eigenvalue weighted by Gasteiger charge is -2.16. The van der Waals surface area contributed by atoms with Crippen molar-refractivity contribution >= 4 is 0 Å². The molecular formula is C16H22FN3O. The quantitative estimate of drug-likeness (QED) is 0.889. The van der Waals surface area contributed by atoms with Crippen LogP contribution in [0.4, 0.5) is 4.39 Å². The zero-order chi connectivity index (χ0) is 15.4. The number of aromatic nitrogens is 2. The number of halogens is 1. The second-order valence-corrected chi connectivity index (χ2v) is 5.32. The predicted octanol–water partition coefficient (Wildman–Crippen LogP) is 3.11. The third kappa shape index (κ3) is 3.61. The van der Waals surface area contributed by atoms with Crippen molar-refractivity contribution in [3.05, 3.63) is 47.5 Å². The van der Waals surface area contributed by atoms with Gasteiger partial charge in [0, 0.05) is 24.7 Å². The Hall–Kier alpha value is -1.88. The molecular weight excluding hydrogens is 269 g/mol. The fourth-order valence-electron chi connectivity index (χ4n) is 2.26. The fourth-order valence-corrected chi connectivity index (χ4v) is 2.26. The summed E-state index contributed by atoms with van der Waals surface area (Å²) < 4.78 is 20.5. The van der Waals surface area contributed by atoms with Crippen molar-refractivity contribution < 1.29 is 9.13 Å². The summed E-state index contributed by atoms with van der Waals surface area (Å²) in [6.45, 7) is 4.19. The first-order chi connectivity index (χ1) is 10.0. The number of ether oxygens (including phenoxy) is 1. The molecule has 0 aliphatic rings. The van der Waals surface area contributed by atoms with Crippen molar-refractivity contribution in [2.45, 2.75) is 32.4 Å². The Morgan fingerprint density at radius 3 is 2.67 bits per heavy atom. The van der Waals surface area contributed by atoms with Gasteiger partial charge in [-0.05, 0) is 44.7 Å². The Labute approximate surface area is 124 Å². The smallest absolute Gasteiger partial charge is 0.165 e. The molecule has 1 atom stereocenters. The van der Waals surface area contributed by atoms with E-state index in [1.807, 2.05) is 24.0 Å². The number of hydrogen-bond donors (Lipinski definition) is 1. The van der Waals surface area contributed by atoms with E-state index in [9.17, 15) is 4.39 Å². The van der Waals surface area contributed by atoms with Crippen LogP contribution in [0.15, 0.2) is 30.5 Å². The maximum atomic E-state index is 13.5. The summed E-state index contributed by atoms with van der Waals surface area (Å²) in [4.78, 5) is 0. The molecule has 1 aromatic heterocycles. The lowest BCUT2D eigenvalue weighted by atomic mass is 10.0. The maximum Gasteiger partial charge on any atom is 0.165 e. The first-order valence-corrected chi connectivity index (χ1v) is 7.10. The first-order valence-electron chi connectivity index (χ1n) is 7.10. The van der Waals surface area contributed by atoms with Crippen molar-refractivity contribution in [2.24, 2.45) is 0 Å². The monoisotopic (exact) mass is 291 g/mol. The molecule has 2 aromatic rings. The third-order valence-corrected chi connectivity index (χ3v) is 3.53. The molecule has 21 heavy (non-hydrogen) atoms. The molecule has 1 heterocycles. The van der Waals surface area contributed by atoms with E-state index in [1.54, 1.807) is 12.1 Å².